The van der Waals surface area contributed by atoms with E-state index in [4.69, 9.17) is 9.84 Å². The predicted octanol–water partition coefficient (Wildman–Crippen LogP) is 1.32. The fraction of sp³-hybridized carbons (Fsp3) is 0.400. The van der Waals surface area contributed by atoms with Crippen molar-refractivity contribution in [2.45, 2.75) is 19.4 Å². The molecule has 0 aromatic heterocycles. The van der Waals surface area contributed by atoms with E-state index in [1.807, 2.05) is 0 Å². The third-order valence-electron chi connectivity index (χ3n) is 1.79. The summed E-state index contributed by atoms with van der Waals surface area (Å²) in [4.78, 5) is 0. The van der Waals surface area contributed by atoms with Crippen molar-refractivity contribution in [2.24, 2.45) is 0 Å². The average Bonchev–Trinajstić information content (AvgIpc) is 2.07. The average molecular weight is 182 g/mol. The molecule has 0 aliphatic rings. The second-order valence-corrected chi connectivity index (χ2v) is 3.05. The number of aliphatic hydroxyl groups is 1. The maximum absolute atomic E-state index is 9.18. The molecule has 0 heterocycles. The Balaban J connectivity index is 2.92. The van der Waals surface area contributed by atoms with Gasteiger partial charge in [-0.15, -0.1) is 0 Å². The highest BCUT2D eigenvalue weighted by Gasteiger charge is 2.06. The van der Waals surface area contributed by atoms with Crippen LogP contribution in [0, 0.1) is 0 Å². The lowest BCUT2D eigenvalue weighted by Crippen LogP contribution is -2.05. The Hall–Kier alpha value is -1.22. The van der Waals surface area contributed by atoms with Gasteiger partial charge in [0.15, 0.2) is 0 Å². The molecule has 0 saturated carbocycles. The molecule has 72 valence electrons. The lowest BCUT2D eigenvalue weighted by Gasteiger charge is -2.09. The molecule has 3 heteroatoms. The second kappa shape index (κ2) is 4.14. The van der Waals surface area contributed by atoms with Gasteiger partial charge in [-0.1, -0.05) is 6.07 Å². The summed E-state index contributed by atoms with van der Waals surface area (Å²) < 4.78 is 5.06. The van der Waals surface area contributed by atoms with Gasteiger partial charge in [0, 0.05) is 12.5 Å². The third kappa shape index (κ3) is 2.63. The van der Waals surface area contributed by atoms with E-state index in [2.05, 4.69) is 0 Å². The SMILES string of the molecule is COc1cc(O)ccc1C[C@@H](C)O. The van der Waals surface area contributed by atoms with Crippen LogP contribution < -0.4 is 4.74 Å². The van der Waals surface area contributed by atoms with Crippen LogP contribution in [-0.2, 0) is 6.42 Å². The van der Waals surface area contributed by atoms with Crippen LogP contribution in [0.15, 0.2) is 18.2 Å². The van der Waals surface area contributed by atoms with Gasteiger partial charge in [0.05, 0.1) is 13.2 Å². The van der Waals surface area contributed by atoms with E-state index in [1.54, 1.807) is 26.2 Å². The largest absolute Gasteiger partial charge is 0.508 e. The van der Waals surface area contributed by atoms with Gasteiger partial charge in [-0.2, -0.15) is 0 Å². The first-order chi connectivity index (χ1) is 6.13. The van der Waals surface area contributed by atoms with E-state index in [-0.39, 0.29) is 5.75 Å². The first-order valence-electron chi connectivity index (χ1n) is 4.17. The molecule has 0 aliphatic carbocycles. The van der Waals surface area contributed by atoms with E-state index in [0.717, 1.165) is 5.56 Å². The summed E-state index contributed by atoms with van der Waals surface area (Å²) >= 11 is 0. The first kappa shape index (κ1) is 9.86. The van der Waals surface area contributed by atoms with E-state index in [9.17, 15) is 5.11 Å². The lowest BCUT2D eigenvalue weighted by atomic mass is 10.1. The molecule has 0 spiro atoms. The lowest BCUT2D eigenvalue weighted by molar-refractivity contribution is 0.194. The second-order valence-electron chi connectivity index (χ2n) is 3.05. The predicted molar refractivity (Wildman–Crippen MR) is 50.0 cm³/mol. The molecule has 1 aromatic rings. The Morgan fingerprint density at radius 2 is 2.15 bits per heavy atom. The topological polar surface area (TPSA) is 49.7 Å². The minimum Gasteiger partial charge on any atom is -0.508 e. The fourth-order valence-electron chi connectivity index (χ4n) is 1.22. The van der Waals surface area contributed by atoms with Crippen molar-refractivity contribution >= 4 is 0 Å². The summed E-state index contributed by atoms with van der Waals surface area (Å²) in [7, 11) is 1.54. The van der Waals surface area contributed by atoms with E-state index < -0.39 is 6.10 Å². The van der Waals surface area contributed by atoms with Gasteiger partial charge in [-0.3, -0.25) is 0 Å². The standard InChI is InChI=1S/C10H14O3/c1-7(11)5-8-3-4-9(12)6-10(8)13-2/h3-4,6-7,11-12H,5H2,1-2H3/t7-/m1/s1. The number of ether oxygens (including phenoxy) is 1. The highest BCUT2D eigenvalue weighted by Crippen LogP contribution is 2.24. The van der Waals surface area contributed by atoms with E-state index in [0.29, 0.717) is 12.2 Å². The van der Waals surface area contributed by atoms with Crippen LogP contribution >= 0.6 is 0 Å². The Labute approximate surface area is 77.6 Å². The summed E-state index contributed by atoms with van der Waals surface area (Å²) in [5.74, 6) is 0.784. The number of aliphatic hydroxyl groups excluding tert-OH is 1. The van der Waals surface area contributed by atoms with Crippen molar-refractivity contribution in [1.29, 1.82) is 0 Å². The molecular weight excluding hydrogens is 168 g/mol. The van der Waals surface area contributed by atoms with Crippen LogP contribution in [0.2, 0.25) is 0 Å². The van der Waals surface area contributed by atoms with Gasteiger partial charge < -0.3 is 14.9 Å². The van der Waals surface area contributed by atoms with Crippen molar-refractivity contribution in [2.75, 3.05) is 7.11 Å². The Morgan fingerprint density at radius 3 is 2.69 bits per heavy atom. The minimum absolute atomic E-state index is 0.172. The van der Waals surface area contributed by atoms with E-state index in [1.165, 1.54) is 6.07 Å². The van der Waals surface area contributed by atoms with Crippen molar-refractivity contribution in [3.05, 3.63) is 23.8 Å². The van der Waals surface area contributed by atoms with Gasteiger partial charge in [-0.25, -0.2) is 0 Å². The zero-order valence-electron chi connectivity index (χ0n) is 7.82. The molecule has 2 N–H and O–H groups in total. The molecule has 1 atom stereocenters. The van der Waals surface area contributed by atoms with Crippen molar-refractivity contribution in [1.82, 2.24) is 0 Å². The Kier molecular flexibility index (Phi) is 3.14. The smallest absolute Gasteiger partial charge is 0.125 e. The molecule has 13 heavy (non-hydrogen) atoms. The van der Waals surface area contributed by atoms with Crippen LogP contribution in [0.5, 0.6) is 11.5 Å². The number of phenols is 1. The van der Waals surface area contributed by atoms with Gasteiger partial charge >= 0.3 is 0 Å². The molecule has 3 nitrogen and oxygen atoms in total. The normalized spacial score (nSPS) is 12.5. The molecule has 1 aromatic carbocycles. The maximum atomic E-state index is 9.18. The van der Waals surface area contributed by atoms with Crippen LogP contribution in [0.25, 0.3) is 0 Å². The Morgan fingerprint density at radius 1 is 1.46 bits per heavy atom. The minimum atomic E-state index is -0.404. The molecule has 0 bridgehead atoms. The number of benzene rings is 1. The van der Waals surface area contributed by atoms with Gasteiger partial charge in [0.1, 0.15) is 11.5 Å². The molecule has 0 radical (unpaired) electrons. The monoisotopic (exact) mass is 182 g/mol. The summed E-state index contributed by atoms with van der Waals surface area (Å²) in [6.07, 6.45) is 0.127. The summed E-state index contributed by atoms with van der Waals surface area (Å²) in [6, 6.07) is 4.87. The molecule has 0 amide bonds. The molecule has 1 rings (SSSR count). The van der Waals surface area contributed by atoms with Gasteiger partial charge in [0.25, 0.3) is 0 Å². The molecule has 0 fully saturated rings. The highest BCUT2D eigenvalue weighted by molar-refractivity contribution is 5.40. The zero-order valence-corrected chi connectivity index (χ0v) is 7.82. The number of methoxy groups -OCH3 is 1. The molecule has 0 aliphatic heterocycles. The highest BCUT2D eigenvalue weighted by atomic mass is 16.5. The number of phenolic OH excluding ortho intramolecular Hbond substituents is 1. The third-order valence-corrected chi connectivity index (χ3v) is 1.79. The van der Waals surface area contributed by atoms with Gasteiger partial charge in [-0.05, 0) is 18.6 Å². The molecule has 0 unspecified atom stereocenters. The fourth-order valence-corrected chi connectivity index (χ4v) is 1.22. The van der Waals surface area contributed by atoms with Crippen molar-refractivity contribution in [3.63, 3.8) is 0 Å². The number of hydrogen-bond acceptors (Lipinski definition) is 3. The van der Waals surface area contributed by atoms with Crippen LogP contribution in [0.3, 0.4) is 0 Å². The van der Waals surface area contributed by atoms with Crippen molar-refractivity contribution in [3.8, 4) is 11.5 Å². The Bertz CT molecular complexity index is 281. The maximum Gasteiger partial charge on any atom is 0.125 e. The summed E-state index contributed by atoms with van der Waals surface area (Å²) in [6.45, 7) is 1.71. The molecular formula is C10H14O3. The number of aromatic hydroxyl groups is 1. The van der Waals surface area contributed by atoms with Gasteiger partial charge in [0.2, 0.25) is 0 Å². The summed E-state index contributed by atoms with van der Waals surface area (Å²) in [5, 5.41) is 18.3. The number of hydrogen-bond donors (Lipinski definition) is 2. The summed E-state index contributed by atoms with van der Waals surface area (Å²) in [5.41, 5.74) is 0.898. The first-order valence-corrected chi connectivity index (χ1v) is 4.17. The quantitative estimate of drug-likeness (QED) is 0.741. The van der Waals surface area contributed by atoms with Crippen molar-refractivity contribution < 1.29 is 14.9 Å². The van der Waals surface area contributed by atoms with Crippen LogP contribution in [0.4, 0.5) is 0 Å². The number of rotatable bonds is 3. The van der Waals surface area contributed by atoms with Crippen LogP contribution in [-0.4, -0.2) is 23.4 Å². The molecule has 0 saturated heterocycles. The zero-order chi connectivity index (χ0) is 9.84. The van der Waals surface area contributed by atoms with E-state index >= 15 is 0 Å². The van der Waals surface area contributed by atoms with Crippen LogP contribution in [0.1, 0.15) is 12.5 Å².